The quantitative estimate of drug-likeness (QED) is 0.691. The minimum atomic E-state index is -0.313. The molecule has 2 aromatic heterocycles. The van der Waals surface area contributed by atoms with Crippen molar-refractivity contribution in [1.82, 2.24) is 30.1 Å². The summed E-state index contributed by atoms with van der Waals surface area (Å²) in [7, 11) is 1.66. The Morgan fingerprint density at radius 2 is 2.00 bits per heavy atom. The van der Waals surface area contributed by atoms with E-state index in [-0.39, 0.29) is 18.4 Å². The fraction of sp³-hybridized carbons (Fsp3) is 0.353. The SMILES string of the molecule is CC(C)CNC(=O)c1c(NC(=O)Cn2nnc3ccccc32)cnn1C. The van der Waals surface area contributed by atoms with Crippen LogP contribution in [0.25, 0.3) is 11.0 Å². The van der Waals surface area contributed by atoms with Crippen LogP contribution in [0.2, 0.25) is 0 Å². The number of carbonyl (C=O) groups is 2. The Labute approximate surface area is 150 Å². The van der Waals surface area contributed by atoms with Gasteiger partial charge in [0.25, 0.3) is 5.91 Å². The van der Waals surface area contributed by atoms with Gasteiger partial charge in [-0.1, -0.05) is 31.2 Å². The summed E-state index contributed by atoms with van der Waals surface area (Å²) < 4.78 is 2.95. The lowest BCUT2D eigenvalue weighted by Crippen LogP contribution is -2.30. The highest BCUT2D eigenvalue weighted by atomic mass is 16.2. The summed E-state index contributed by atoms with van der Waals surface area (Å²) in [5, 5.41) is 17.6. The first-order valence-corrected chi connectivity index (χ1v) is 8.34. The number of hydrogen-bond acceptors (Lipinski definition) is 5. The van der Waals surface area contributed by atoms with Gasteiger partial charge in [0.2, 0.25) is 5.91 Å². The van der Waals surface area contributed by atoms with Gasteiger partial charge < -0.3 is 10.6 Å². The molecule has 0 unspecified atom stereocenters. The van der Waals surface area contributed by atoms with Crippen molar-refractivity contribution in [2.75, 3.05) is 11.9 Å². The molecular weight excluding hydrogens is 334 g/mol. The molecule has 2 heterocycles. The van der Waals surface area contributed by atoms with Gasteiger partial charge in [0.1, 0.15) is 17.8 Å². The van der Waals surface area contributed by atoms with Gasteiger partial charge in [-0.25, -0.2) is 4.68 Å². The fourth-order valence-electron chi connectivity index (χ4n) is 2.54. The minimum Gasteiger partial charge on any atom is -0.350 e. The van der Waals surface area contributed by atoms with Crippen molar-refractivity contribution in [2.24, 2.45) is 13.0 Å². The van der Waals surface area contributed by atoms with Crippen LogP contribution in [0, 0.1) is 5.92 Å². The molecule has 1 aromatic carbocycles. The lowest BCUT2D eigenvalue weighted by atomic mass is 10.2. The zero-order chi connectivity index (χ0) is 18.7. The maximum absolute atomic E-state index is 12.4. The van der Waals surface area contributed by atoms with Gasteiger partial charge in [0.15, 0.2) is 0 Å². The van der Waals surface area contributed by atoms with E-state index in [0.717, 1.165) is 11.0 Å². The molecule has 2 N–H and O–H groups in total. The number of amides is 2. The van der Waals surface area contributed by atoms with Crippen LogP contribution >= 0.6 is 0 Å². The van der Waals surface area contributed by atoms with E-state index in [4.69, 9.17) is 0 Å². The van der Waals surface area contributed by atoms with Crippen molar-refractivity contribution in [1.29, 1.82) is 0 Å². The normalized spacial score (nSPS) is 11.1. The third-order valence-electron chi connectivity index (χ3n) is 3.81. The summed E-state index contributed by atoms with van der Waals surface area (Å²) in [5.41, 5.74) is 2.16. The number of rotatable bonds is 6. The third-order valence-corrected chi connectivity index (χ3v) is 3.81. The van der Waals surface area contributed by atoms with Crippen molar-refractivity contribution in [2.45, 2.75) is 20.4 Å². The topological polar surface area (TPSA) is 107 Å². The molecule has 0 saturated heterocycles. The Kier molecular flexibility index (Phi) is 4.97. The zero-order valence-electron chi connectivity index (χ0n) is 14.9. The number of hydrogen-bond donors (Lipinski definition) is 2. The number of benzene rings is 1. The van der Waals surface area contributed by atoms with Crippen LogP contribution in [0.3, 0.4) is 0 Å². The van der Waals surface area contributed by atoms with Crippen molar-refractivity contribution in [3.8, 4) is 0 Å². The van der Waals surface area contributed by atoms with E-state index in [1.54, 1.807) is 7.05 Å². The molecule has 0 spiro atoms. The molecule has 0 fully saturated rings. The molecule has 0 aliphatic heterocycles. The van der Waals surface area contributed by atoms with Crippen LogP contribution in [0.4, 0.5) is 5.69 Å². The highest BCUT2D eigenvalue weighted by molar-refractivity contribution is 6.02. The largest absolute Gasteiger partial charge is 0.350 e. The summed E-state index contributed by atoms with van der Waals surface area (Å²) in [4.78, 5) is 24.8. The molecule has 0 aliphatic carbocycles. The molecule has 3 rings (SSSR count). The van der Waals surface area contributed by atoms with E-state index < -0.39 is 0 Å². The third kappa shape index (κ3) is 3.71. The first kappa shape index (κ1) is 17.6. The van der Waals surface area contributed by atoms with E-state index in [9.17, 15) is 9.59 Å². The van der Waals surface area contributed by atoms with Gasteiger partial charge >= 0.3 is 0 Å². The number of aromatic nitrogens is 5. The summed E-state index contributed by atoms with van der Waals surface area (Å²) in [6.07, 6.45) is 1.46. The van der Waals surface area contributed by atoms with Crippen molar-refractivity contribution >= 4 is 28.5 Å². The average Bonchev–Trinajstić information content (AvgIpc) is 3.17. The average molecular weight is 355 g/mol. The van der Waals surface area contributed by atoms with Gasteiger partial charge in [0.05, 0.1) is 17.4 Å². The maximum Gasteiger partial charge on any atom is 0.271 e. The number of para-hydroxylation sites is 1. The summed E-state index contributed by atoms with van der Waals surface area (Å²) in [6.45, 7) is 4.55. The number of nitrogens with one attached hydrogen (secondary N) is 2. The van der Waals surface area contributed by atoms with Crippen LogP contribution in [0.15, 0.2) is 30.5 Å². The molecule has 3 aromatic rings. The fourth-order valence-corrected chi connectivity index (χ4v) is 2.54. The molecule has 9 heteroatoms. The van der Waals surface area contributed by atoms with Crippen molar-refractivity contribution < 1.29 is 9.59 Å². The lowest BCUT2D eigenvalue weighted by molar-refractivity contribution is -0.116. The van der Waals surface area contributed by atoms with Gasteiger partial charge in [-0.05, 0) is 18.1 Å². The summed E-state index contributed by atoms with van der Waals surface area (Å²) in [6, 6.07) is 7.39. The van der Waals surface area contributed by atoms with Crippen LogP contribution in [0.5, 0.6) is 0 Å². The minimum absolute atomic E-state index is 0.0114. The van der Waals surface area contributed by atoms with E-state index in [1.165, 1.54) is 15.6 Å². The molecular formula is C17H21N7O2. The number of anilines is 1. The molecule has 26 heavy (non-hydrogen) atoms. The monoisotopic (exact) mass is 355 g/mol. The van der Waals surface area contributed by atoms with E-state index in [2.05, 4.69) is 26.0 Å². The van der Waals surface area contributed by atoms with Gasteiger partial charge in [0, 0.05) is 13.6 Å². The van der Waals surface area contributed by atoms with Crippen LogP contribution in [0.1, 0.15) is 24.3 Å². The van der Waals surface area contributed by atoms with Crippen LogP contribution in [-0.2, 0) is 18.4 Å². The second-order valence-corrected chi connectivity index (χ2v) is 6.42. The number of fused-ring (bicyclic) bond motifs is 1. The highest BCUT2D eigenvalue weighted by Gasteiger charge is 2.19. The maximum atomic E-state index is 12.4. The van der Waals surface area contributed by atoms with Gasteiger partial charge in [-0.2, -0.15) is 5.10 Å². The highest BCUT2D eigenvalue weighted by Crippen LogP contribution is 2.15. The number of carbonyl (C=O) groups excluding carboxylic acids is 2. The Morgan fingerprint density at radius 1 is 1.23 bits per heavy atom. The Hall–Kier alpha value is -3.23. The summed E-state index contributed by atoms with van der Waals surface area (Å²) >= 11 is 0. The van der Waals surface area contributed by atoms with Gasteiger partial charge in [-0.3, -0.25) is 14.3 Å². The molecule has 9 nitrogen and oxygen atoms in total. The van der Waals surface area contributed by atoms with Crippen molar-refractivity contribution in [3.63, 3.8) is 0 Å². The smallest absolute Gasteiger partial charge is 0.271 e. The molecule has 0 aliphatic rings. The first-order chi connectivity index (χ1) is 12.5. The molecule has 0 atom stereocenters. The second kappa shape index (κ2) is 7.34. The van der Waals surface area contributed by atoms with Crippen LogP contribution < -0.4 is 10.6 Å². The van der Waals surface area contributed by atoms with E-state index in [0.29, 0.717) is 23.8 Å². The predicted octanol–water partition coefficient (Wildman–Crippen LogP) is 1.19. The zero-order valence-corrected chi connectivity index (χ0v) is 14.9. The van der Waals surface area contributed by atoms with Gasteiger partial charge in [-0.15, -0.1) is 5.10 Å². The predicted molar refractivity (Wildman–Crippen MR) is 96.5 cm³/mol. The molecule has 0 bridgehead atoms. The molecule has 0 saturated carbocycles. The Bertz CT molecular complexity index is 942. The molecule has 136 valence electrons. The molecule has 2 amide bonds. The number of aryl methyl sites for hydroxylation is 1. The number of nitrogens with zero attached hydrogens (tertiary/aromatic N) is 5. The first-order valence-electron chi connectivity index (χ1n) is 8.34. The Balaban J connectivity index is 1.73. The van der Waals surface area contributed by atoms with Crippen LogP contribution in [-0.4, -0.2) is 43.1 Å². The van der Waals surface area contributed by atoms with E-state index in [1.807, 2.05) is 38.1 Å². The lowest BCUT2D eigenvalue weighted by Gasteiger charge is -2.10. The summed E-state index contributed by atoms with van der Waals surface area (Å²) in [5.74, 6) is -0.266. The van der Waals surface area contributed by atoms with Crippen molar-refractivity contribution in [3.05, 3.63) is 36.2 Å². The molecule has 0 radical (unpaired) electrons. The van der Waals surface area contributed by atoms with E-state index >= 15 is 0 Å². The standard InChI is InChI=1S/C17H21N7O2/c1-11(2)8-18-17(26)16-13(9-19-23(16)3)20-15(25)10-24-14-7-5-4-6-12(14)21-22-24/h4-7,9,11H,8,10H2,1-3H3,(H,18,26)(H,20,25). The Morgan fingerprint density at radius 3 is 2.77 bits per heavy atom. The second-order valence-electron chi connectivity index (χ2n) is 6.42.